The van der Waals surface area contributed by atoms with E-state index in [-0.39, 0.29) is 31.2 Å². The van der Waals surface area contributed by atoms with Gasteiger partial charge in [0, 0.05) is 55.4 Å². The van der Waals surface area contributed by atoms with Gasteiger partial charge in [-0.05, 0) is 58.2 Å². The first kappa shape index (κ1) is 32.1. The van der Waals surface area contributed by atoms with Crippen molar-refractivity contribution >= 4 is 40.0 Å². The van der Waals surface area contributed by atoms with E-state index in [9.17, 15) is 9.18 Å². The lowest BCUT2D eigenvalue weighted by atomic mass is 10.0. The van der Waals surface area contributed by atoms with E-state index in [4.69, 9.17) is 37.6 Å². The van der Waals surface area contributed by atoms with Crippen molar-refractivity contribution in [3.63, 3.8) is 0 Å². The topological polar surface area (TPSA) is 78.6 Å². The van der Waals surface area contributed by atoms with Gasteiger partial charge in [-0.15, -0.1) is 0 Å². The number of hydrogen-bond acceptors (Lipinski definition) is 8. The molecule has 10 nitrogen and oxygen atoms in total. The average Bonchev–Trinajstić information content (AvgIpc) is 3.34. The highest BCUT2D eigenvalue weighted by Crippen LogP contribution is 2.37. The van der Waals surface area contributed by atoms with Gasteiger partial charge in [-0.1, -0.05) is 35.9 Å². The summed E-state index contributed by atoms with van der Waals surface area (Å²) < 4.78 is 26.0. The number of carbonyl (C=O) groups excluding carboxylic acids is 1. The maximum Gasteiger partial charge on any atom is 0.410 e. The quantitative estimate of drug-likeness (QED) is 0.319. The Morgan fingerprint density at radius 3 is 2.59 bits per heavy atom. The van der Waals surface area contributed by atoms with Crippen LogP contribution in [-0.4, -0.2) is 103 Å². The highest BCUT2D eigenvalue weighted by molar-refractivity contribution is 6.36. The molecule has 1 amide bonds. The zero-order chi connectivity index (χ0) is 32.6. The fraction of sp³-hybridized carbons (Fsp3) is 0.529. The van der Waals surface area contributed by atoms with Crippen molar-refractivity contribution in [2.45, 2.75) is 64.0 Å². The van der Waals surface area contributed by atoms with E-state index < -0.39 is 17.9 Å². The minimum atomic E-state index is -0.875. The van der Waals surface area contributed by atoms with E-state index in [2.05, 4.69) is 32.8 Å². The number of hydrogen-bond donors (Lipinski definition) is 0. The van der Waals surface area contributed by atoms with E-state index in [1.807, 2.05) is 50.9 Å². The van der Waals surface area contributed by atoms with Crippen LogP contribution in [-0.2, 0) is 17.7 Å². The summed E-state index contributed by atoms with van der Waals surface area (Å²) in [5.41, 5.74) is 2.30. The zero-order valence-corrected chi connectivity index (χ0v) is 27.6. The van der Waals surface area contributed by atoms with Crippen LogP contribution >= 0.6 is 11.6 Å². The SMILES string of the molecule is [C-]#[N+]C[C@H]1CN(c2nc(OC[C@@H]3C[C@@H](F)CN3C)nc3c2CCN(c2cccc4cccc(Cl)c24)C3)CCN1C(=O)OC(C)(C)C. The Morgan fingerprint density at radius 1 is 1.09 bits per heavy atom. The fourth-order valence-corrected chi connectivity index (χ4v) is 6.99. The normalized spacial score (nSPS) is 22.1. The summed E-state index contributed by atoms with van der Waals surface area (Å²) in [5.74, 6) is 0.762. The Bertz CT molecular complexity index is 1640. The van der Waals surface area contributed by atoms with Crippen LogP contribution in [0.25, 0.3) is 15.6 Å². The van der Waals surface area contributed by atoms with E-state index in [0.717, 1.165) is 40.1 Å². The molecule has 3 aromatic rings. The number of ether oxygens (including phenoxy) is 2. The number of anilines is 2. The lowest BCUT2D eigenvalue weighted by Gasteiger charge is -2.41. The number of nitrogens with zero attached hydrogens (tertiary/aromatic N) is 7. The molecule has 0 aliphatic carbocycles. The van der Waals surface area contributed by atoms with E-state index in [0.29, 0.717) is 50.6 Å². The number of benzene rings is 2. The van der Waals surface area contributed by atoms with Crippen molar-refractivity contribution in [3.05, 3.63) is 64.1 Å². The van der Waals surface area contributed by atoms with Gasteiger partial charge < -0.3 is 24.1 Å². The molecule has 244 valence electrons. The van der Waals surface area contributed by atoms with Crippen molar-refractivity contribution in [2.75, 3.05) is 62.7 Å². The predicted octanol–water partition coefficient (Wildman–Crippen LogP) is 5.61. The molecule has 46 heavy (non-hydrogen) atoms. The number of carbonyl (C=O) groups is 1. The van der Waals surface area contributed by atoms with Crippen LogP contribution in [0, 0.1) is 6.57 Å². The maximum absolute atomic E-state index is 14.1. The first-order valence-electron chi connectivity index (χ1n) is 15.9. The molecule has 4 heterocycles. The molecule has 0 radical (unpaired) electrons. The summed E-state index contributed by atoms with van der Waals surface area (Å²) >= 11 is 6.70. The molecule has 2 fully saturated rings. The molecule has 0 N–H and O–H groups in total. The third-order valence-electron chi connectivity index (χ3n) is 8.95. The number of likely N-dealkylation sites (N-methyl/N-ethyl adjacent to an activating group) is 1. The Balaban J connectivity index is 1.32. The van der Waals surface area contributed by atoms with Crippen molar-refractivity contribution in [2.24, 2.45) is 0 Å². The Hall–Kier alpha value is -3.88. The van der Waals surface area contributed by atoms with Crippen LogP contribution in [0.5, 0.6) is 6.01 Å². The third-order valence-corrected chi connectivity index (χ3v) is 9.26. The van der Waals surface area contributed by atoms with E-state index in [1.165, 1.54) is 0 Å². The van der Waals surface area contributed by atoms with Gasteiger partial charge in [-0.3, -0.25) is 9.80 Å². The van der Waals surface area contributed by atoms with E-state index >= 15 is 0 Å². The first-order chi connectivity index (χ1) is 22.0. The van der Waals surface area contributed by atoms with Gasteiger partial charge in [0.05, 0.1) is 17.3 Å². The number of rotatable bonds is 6. The van der Waals surface area contributed by atoms with Crippen molar-refractivity contribution in [1.82, 2.24) is 19.8 Å². The number of fused-ring (bicyclic) bond motifs is 2. The second-order valence-electron chi connectivity index (χ2n) is 13.4. The molecule has 0 spiro atoms. The van der Waals surface area contributed by atoms with Crippen LogP contribution in [0.3, 0.4) is 0 Å². The molecule has 0 bridgehead atoms. The van der Waals surface area contributed by atoms with Gasteiger partial charge in [0.2, 0.25) is 6.54 Å². The largest absolute Gasteiger partial charge is 0.462 e. The Morgan fingerprint density at radius 2 is 1.87 bits per heavy atom. The average molecular weight is 650 g/mol. The summed E-state index contributed by atoms with van der Waals surface area (Å²) in [7, 11) is 1.90. The smallest absolute Gasteiger partial charge is 0.410 e. The van der Waals surface area contributed by atoms with Crippen LogP contribution in [0.1, 0.15) is 38.4 Å². The molecule has 3 aliphatic heterocycles. The summed E-state index contributed by atoms with van der Waals surface area (Å²) in [6, 6.07) is 12.0. The number of piperazine rings is 1. The molecule has 0 unspecified atom stereocenters. The number of amides is 1. The number of halogens is 2. The molecule has 3 aliphatic rings. The number of alkyl halides is 1. The minimum Gasteiger partial charge on any atom is -0.462 e. The van der Waals surface area contributed by atoms with Crippen molar-refractivity contribution < 1.29 is 18.7 Å². The Kier molecular flexibility index (Phi) is 9.12. The van der Waals surface area contributed by atoms with Gasteiger partial charge in [-0.2, -0.15) is 9.97 Å². The summed E-state index contributed by atoms with van der Waals surface area (Å²) in [4.78, 5) is 34.6. The van der Waals surface area contributed by atoms with Gasteiger partial charge in [0.15, 0.2) is 0 Å². The van der Waals surface area contributed by atoms with Gasteiger partial charge in [-0.25, -0.2) is 15.8 Å². The van der Waals surface area contributed by atoms with Crippen LogP contribution in [0.15, 0.2) is 36.4 Å². The molecule has 2 saturated heterocycles. The zero-order valence-electron chi connectivity index (χ0n) is 26.9. The van der Waals surface area contributed by atoms with Gasteiger partial charge in [0.1, 0.15) is 30.2 Å². The molecule has 0 saturated carbocycles. The van der Waals surface area contributed by atoms with Crippen molar-refractivity contribution in [1.29, 1.82) is 0 Å². The summed E-state index contributed by atoms with van der Waals surface area (Å²) in [5, 5.41) is 2.78. The third kappa shape index (κ3) is 6.79. The Labute approximate surface area is 274 Å². The first-order valence-corrected chi connectivity index (χ1v) is 16.3. The highest BCUT2D eigenvalue weighted by atomic mass is 35.5. The molecular formula is C34H41ClFN7O3. The predicted molar refractivity (Wildman–Crippen MR) is 178 cm³/mol. The van der Waals surface area contributed by atoms with Gasteiger partial charge in [0.25, 0.3) is 0 Å². The van der Waals surface area contributed by atoms with Crippen LogP contribution in [0.4, 0.5) is 20.7 Å². The summed E-state index contributed by atoms with van der Waals surface area (Å²) in [6.45, 7) is 16.5. The second kappa shape index (κ2) is 13.1. The van der Waals surface area contributed by atoms with Crippen LogP contribution in [0.2, 0.25) is 5.02 Å². The van der Waals surface area contributed by atoms with Crippen molar-refractivity contribution in [3.8, 4) is 6.01 Å². The fourth-order valence-electron chi connectivity index (χ4n) is 6.71. The summed E-state index contributed by atoms with van der Waals surface area (Å²) in [6.07, 6.45) is -0.180. The number of likely N-dealkylation sites (tertiary alicyclic amines) is 1. The standard InChI is InChI=1S/C34H41ClFN7O3/c1-34(2,3)46-33(44)43-15-14-42(19-25(43)17-37-4)31-26-12-13-41(29-11-7-9-22-8-6-10-27(35)30(22)29)20-28(26)38-32(39-31)45-21-24-16-23(36)18-40(24)5/h6-11,23-25H,12-21H2,1-3,5H3/t23-,24+,25+/m1/s1. The lowest BCUT2D eigenvalue weighted by Crippen LogP contribution is -2.57. The monoisotopic (exact) mass is 649 g/mol. The molecule has 2 aromatic carbocycles. The maximum atomic E-state index is 14.1. The van der Waals surface area contributed by atoms with Gasteiger partial charge >= 0.3 is 12.1 Å². The van der Waals surface area contributed by atoms with E-state index in [1.54, 1.807) is 4.90 Å². The highest BCUT2D eigenvalue weighted by Gasteiger charge is 2.38. The second-order valence-corrected chi connectivity index (χ2v) is 13.8. The van der Waals surface area contributed by atoms with Crippen LogP contribution < -0.4 is 14.5 Å². The molecule has 12 heteroatoms. The molecule has 6 rings (SSSR count). The molecule has 1 aromatic heterocycles. The molecular weight excluding hydrogens is 609 g/mol. The minimum absolute atomic E-state index is 0.0622. The lowest BCUT2D eigenvalue weighted by molar-refractivity contribution is 0.0155. The number of aromatic nitrogens is 2. The molecule has 3 atom stereocenters.